The summed E-state index contributed by atoms with van der Waals surface area (Å²) in [5, 5.41) is 11.7. The maximum absolute atomic E-state index is 11.7. The van der Waals surface area contributed by atoms with Gasteiger partial charge in [0.05, 0.1) is 12.5 Å². The van der Waals surface area contributed by atoms with Crippen molar-refractivity contribution in [1.29, 1.82) is 5.26 Å². The molecule has 0 heterocycles. The molecule has 2 rings (SSSR count). The minimum Gasteiger partial charge on any atom is -0.340 e. The summed E-state index contributed by atoms with van der Waals surface area (Å²) in [4.78, 5) is 11.7. The molecule has 1 aromatic rings. The van der Waals surface area contributed by atoms with Crippen molar-refractivity contribution >= 4 is 28.5 Å². The van der Waals surface area contributed by atoms with Gasteiger partial charge in [0.15, 0.2) is 0 Å². The van der Waals surface area contributed by atoms with E-state index in [0.717, 1.165) is 22.0 Å². The number of hydrogen-bond acceptors (Lipinski definition) is 2. The highest BCUT2D eigenvalue weighted by Crippen LogP contribution is 2.32. The van der Waals surface area contributed by atoms with Gasteiger partial charge in [0.2, 0.25) is 5.91 Å². The fraction of sp³-hybridized carbons (Fsp3) is 0.385. The Balaban J connectivity index is 1.88. The highest BCUT2D eigenvalue weighted by atomic mass is 127. The normalized spacial score (nSPS) is 16.0. The van der Waals surface area contributed by atoms with Crippen LogP contribution in [-0.4, -0.2) is 11.9 Å². The predicted octanol–water partition coefficient (Wildman–Crippen LogP) is 2.25. The van der Waals surface area contributed by atoms with Crippen LogP contribution in [0.2, 0.25) is 0 Å². The Morgan fingerprint density at radius 2 is 2.12 bits per heavy atom. The van der Waals surface area contributed by atoms with E-state index in [-0.39, 0.29) is 11.9 Å². The number of nitrogens with zero attached hydrogens (tertiary/aromatic N) is 1. The average Bonchev–Trinajstić information content (AvgIpc) is 3.13. The first kappa shape index (κ1) is 12.4. The number of amides is 1. The quantitative estimate of drug-likeness (QED) is 0.855. The molecule has 88 valence electrons. The smallest absolute Gasteiger partial charge is 0.225 e. The lowest BCUT2D eigenvalue weighted by molar-refractivity contribution is -0.120. The Bertz CT molecular complexity index is 445. The van der Waals surface area contributed by atoms with Crippen molar-refractivity contribution in [1.82, 2.24) is 5.32 Å². The summed E-state index contributed by atoms with van der Waals surface area (Å²) >= 11 is 2.23. The van der Waals surface area contributed by atoms with Gasteiger partial charge in [0, 0.05) is 3.57 Å². The largest absolute Gasteiger partial charge is 0.340 e. The van der Waals surface area contributed by atoms with E-state index in [9.17, 15) is 4.79 Å². The van der Waals surface area contributed by atoms with E-state index in [1.54, 1.807) is 0 Å². The van der Waals surface area contributed by atoms with Crippen LogP contribution >= 0.6 is 22.6 Å². The van der Waals surface area contributed by atoms with E-state index in [4.69, 9.17) is 5.26 Å². The van der Waals surface area contributed by atoms with Crippen LogP contribution < -0.4 is 5.32 Å². The molecule has 1 aromatic carbocycles. The number of benzene rings is 1. The molecule has 1 fully saturated rings. The molecule has 0 aromatic heterocycles. The maximum atomic E-state index is 11.7. The molecule has 0 radical (unpaired) electrons. The van der Waals surface area contributed by atoms with Gasteiger partial charge in [-0.3, -0.25) is 4.79 Å². The van der Waals surface area contributed by atoms with Gasteiger partial charge in [0.1, 0.15) is 6.04 Å². The fourth-order valence-corrected chi connectivity index (χ4v) is 2.06. The first-order valence-electron chi connectivity index (χ1n) is 5.62. The van der Waals surface area contributed by atoms with Gasteiger partial charge in [-0.25, -0.2) is 0 Å². The highest BCUT2D eigenvalue weighted by Gasteiger charge is 2.32. The Morgan fingerprint density at radius 3 is 2.65 bits per heavy atom. The molecule has 1 saturated carbocycles. The second kappa shape index (κ2) is 5.50. The van der Waals surface area contributed by atoms with Crippen molar-refractivity contribution in [2.24, 2.45) is 5.92 Å². The molecule has 1 aliphatic rings. The molecule has 1 atom stereocenters. The first-order valence-corrected chi connectivity index (χ1v) is 6.70. The van der Waals surface area contributed by atoms with E-state index in [1.807, 2.05) is 24.3 Å². The van der Waals surface area contributed by atoms with E-state index < -0.39 is 0 Å². The number of hydrogen-bond donors (Lipinski definition) is 1. The number of rotatable bonds is 4. The standard InChI is InChI=1S/C13H13IN2O/c14-11-5-1-9(2-6-11)7-13(17)16-12(8-15)10-3-4-10/h1-2,5-6,10,12H,3-4,7H2,(H,16,17). The third kappa shape index (κ3) is 3.70. The summed E-state index contributed by atoms with van der Waals surface area (Å²) in [6.07, 6.45) is 2.46. The number of nitrogens with one attached hydrogen (secondary N) is 1. The number of halogens is 1. The summed E-state index contributed by atoms with van der Waals surface area (Å²) in [6.45, 7) is 0. The van der Waals surface area contributed by atoms with Crippen LogP contribution in [0.15, 0.2) is 24.3 Å². The molecule has 1 aliphatic carbocycles. The zero-order valence-electron chi connectivity index (χ0n) is 9.32. The summed E-state index contributed by atoms with van der Waals surface area (Å²) < 4.78 is 1.15. The lowest BCUT2D eigenvalue weighted by atomic mass is 10.1. The molecule has 4 heteroatoms. The lowest BCUT2D eigenvalue weighted by Gasteiger charge is -2.10. The monoisotopic (exact) mass is 340 g/mol. The van der Waals surface area contributed by atoms with Crippen LogP contribution in [0.5, 0.6) is 0 Å². The third-order valence-corrected chi connectivity index (χ3v) is 3.55. The molecule has 0 spiro atoms. The predicted molar refractivity (Wildman–Crippen MR) is 73.1 cm³/mol. The molecule has 0 bridgehead atoms. The van der Waals surface area contributed by atoms with Crippen molar-refractivity contribution in [3.05, 3.63) is 33.4 Å². The Labute approximate surface area is 114 Å². The van der Waals surface area contributed by atoms with Crippen molar-refractivity contribution < 1.29 is 4.79 Å². The second-order valence-corrected chi connectivity index (χ2v) is 5.56. The third-order valence-electron chi connectivity index (χ3n) is 2.83. The van der Waals surface area contributed by atoms with Gasteiger partial charge in [-0.15, -0.1) is 0 Å². The van der Waals surface area contributed by atoms with Crippen molar-refractivity contribution in [3.63, 3.8) is 0 Å². The van der Waals surface area contributed by atoms with E-state index in [2.05, 4.69) is 34.0 Å². The fourth-order valence-electron chi connectivity index (χ4n) is 1.70. The highest BCUT2D eigenvalue weighted by molar-refractivity contribution is 14.1. The zero-order valence-corrected chi connectivity index (χ0v) is 11.5. The second-order valence-electron chi connectivity index (χ2n) is 4.31. The molecule has 17 heavy (non-hydrogen) atoms. The van der Waals surface area contributed by atoms with Crippen LogP contribution in [0.3, 0.4) is 0 Å². The Hall–Kier alpha value is -1.09. The number of carbonyl (C=O) groups is 1. The van der Waals surface area contributed by atoms with Crippen molar-refractivity contribution in [3.8, 4) is 6.07 Å². The number of nitriles is 1. The molecule has 3 nitrogen and oxygen atoms in total. The molecule has 0 saturated heterocycles. The van der Waals surface area contributed by atoms with Crippen LogP contribution in [-0.2, 0) is 11.2 Å². The van der Waals surface area contributed by atoms with Crippen LogP contribution in [0.1, 0.15) is 18.4 Å². The SMILES string of the molecule is N#CC(NC(=O)Cc1ccc(I)cc1)C1CC1. The van der Waals surface area contributed by atoms with Crippen LogP contribution in [0.25, 0.3) is 0 Å². The van der Waals surface area contributed by atoms with Gasteiger partial charge >= 0.3 is 0 Å². The summed E-state index contributed by atoms with van der Waals surface area (Å²) in [6, 6.07) is 9.70. The Morgan fingerprint density at radius 1 is 1.47 bits per heavy atom. The van der Waals surface area contributed by atoms with E-state index in [1.165, 1.54) is 0 Å². The van der Waals surface area contributed by atoms with Crippen molar-refractivity contribution in [2.45, 2.75) is 25.3 Å². The van der Waals surface area contributed by atoms with Gasteiger partial charge in [0.25, 0.3) is 0 Å². The van der Waals surface area contributed by atoms with Gasteiger partial charge in [-0.1, -0.05) is 12.1 Å². The minimum absolute atomic E-state index is 0.0651. The van der Waals surface area contributed by atoms with Gasteiger partial charge in [-0.05, 0) is 59.0 Å². The topological polar surface area (TPSA) is 52.9 Å². The minimum atomic E-state index is -0.300. The maximum Gasteiger partial charge on any atom is 0.225 e. The molecular formula is C13H13IN2O. The van der Waals surface area contributed by atoms with Crippen LogP contribution in [0.4, 0.5) is 0 Å². The summed E-state index contributed by atoms with van der Waals surface area (Å²) in [5.41, 5.74) is 0.982. The van der Waals surface area contributed by atoms with E-state index >= 15 is 0 Å². The van der Waals surface area contributed by atoms with Crippen molar-refractivity contribution in [2.75, 3.05) is 0 Å². The first-order chi connectivity index (χ1) is 8.19. The summed E-state index contributed by atoms with van der Waals surface area (Å²) in [7, 11) is 0. The molecule has 1 N–H and O–H groups in total. The van der Waals surface area contributed by atoms with E-state index in [0.29, 0.717) is 12.3 Å². The lowest BCUT2D eigenvalue weighted by Crippen LogP contribution is -2.36. The molecule has 1 amide bonds. The molecule has 0 aliphatic heterocycles. The molecule has 1 unspecified atom stereocenters. The van der Waals surface area contributed by atoms with Gasteiger partial charge in [-0.2, -0.15) is 5.26 Å². The van der Waals surface area contributed by atoms with Crippen LogP contribution in [0, 0.1) is 20.8 Å². The summed E-state index contributed by atoms with van der Waals surface area (Å²) in [5.74, 6) is 0.310. The molecular weight excluding hydrogens is 327 g/mol. The average molecular weight is 340 g/mol. The zero-order chi connectivity index (χ0) is 12.3. The van der Waals surface area contributed by atoms with Gasteiger partial charge < -0.3 is 5.32 Å². The Kier molecular flexibility index (Phi) is 4.00. The number of carbonyl (C=O) groups excluding carboxylic acids is 1.